The van der Waals surface area contributed by atoms with Gasteiger partial charge in [-0.3, -0.25) is 9.36 Å². The summed E-state index contributed by atoms with van der Waals surface area (Å²) in [5.41, 5.74) is 3.40. The van der Waals surface area contributed by atoms with Crippen LogP contribution in [0, 0.1) is 0 Å². The number of carbonyl (C=O) groups excluding carboxylic acids is 1. The molecule has 8 heteroatoms. The van der Waals surface area contributed by atoms with Crippen molar-refractivity contribution in [3.05, 3.63) is 96.8 Å². The lowest BCUT2D eigenvalue weighted by molar-refractivity contribution is -0.143. The molecule has 0 fully saturated rings. The molecule has 0 amide bonds. The van der Waals surface area contributed by atoms with Crippen LogP contribution in [-0.2, 0) is 9.53 Å². The number of hydrogen-bond donors (Lipinski definition) is 1. The number of allylic oxidation sites excluding steroid dienone is 1. The molecule has 0 saturated heterocycles. The van der Waals surface area contributed by atoms with Crippen molar-refractivity contribution in [2.24, 2.45) is 4.99 Å². The fraction of sp³-hybridized carbons (Fsp3) is 0.250. The van der Waals surface area contributed by atoms with E-state index in [1.54, 1.807) is 25.3 Å². The third-order valence-electron chi connectivity index (χ3n) is 6.00. The Kier molecular flexibility index (Phi) is 6.36. The van der Waals surface area contributed by atoms with Gasteiger partial charge in [0.25, 0.3) is 5.56 Å². The van der Waals surface area contributed by atoms with Gasteiger partial charge in [-0.05, 0) is 57.5 Å². The van der Waals surface area contributed by atoms with Crippen molar-refractivity contribution in [2.45, 2.75) is 39.8 Å². The zero-order valence-electron chi connectivity index (χ0n) is 20.6. The summed E-state index contributed by atoms with van der Waals surface area (Å²) in [6, 6.07) is 14.8. The summed E-state index contributed by atoms with van der Waals surface area (Å²) < 4.78 is 13.3. The third-order valence-corrected chi connectivity index (χ3v) is 6.98. The van der Waals surface area contributed by atoms with Crippen LogP contribution in [0.15, 0.2) is 75.8 Å². The molecule has 0 radical (unpaired) electrons. The molecule has 4 aromatic rings. The fourth-order valence-corrected chi connectivity index (χ4v) is 5.48. The second-order valence-corrected chi connectivity index (χ2v) is 9.84. The summed E-state index contributed by atoms with van der Waals surface area (Å²) in [4.78, 5) is 35.5. The van der Waals surface area contributed by atoms with Crippen molar-refractivity contribution in [2.75, 3.05) is 6.61 Å². The van der Waals surface area contributed by atoms with Crippen molar-refractivity contribution in [3.8, 4) is 5.75 Å². The van der Waals surface area contributed by atoms with Gasteiger partial charge in [0.1, 0.15) is 5.75 Å². The van der Waals surface area contributed by atoms with E-state index in [1.165, 1.54) is 11.3 Å². The molecule has 2 aromatic carbocycles. The molecule has 0 unspecified atom stereocenters. The van der Waals surface area contributed by atoms with Crippen LogP contribution in [0.1, 0.15) is 44.9 Å². The van der Waals surface area contributed by atoms with Crippen LogP contribution in [0.25, 0.3) is 17.0 Å². The average Bonchev–Trinajstić information content (AvgIpc) is 3.39. The monoisotopic (exact) mass is 501 g/mol. The largest absolute Gasteiger partial charge is 0.494 e. The molecular formula is C28H27N3O4S. The van der Waals surface area contributed by atoms with Gasteiger partial charge in [0.2, 0.25) is 0 Å². The Hall–Kier alpha value is -3.91. The van der Waals surface area contributed by atoms with Crippen LogP contribution < -0.4 is 19.6 Å². The Balaban J connectivity index is 1.70. The van der Waals surface area contributed by atoms with Gasteiger partial charge in [0.05, 0.1) is 34.6 Å². The van der Waals surface area contributed by atoms with Crippen molar-refractivity contribution in [3.63, 3.8) is 0 Å². The van der Waals surface area contributed by atoms with Crippen LogP contribution in [0.5, 0.6) is 5.75 Å². The van der Waals surface area contributed by atoms with E-state index in [0.717, 1.165) is 27.8 Å². The minimum absolute atomic E-state index is 0.203. The van der Waals surface area contributed by atoms with Gasteiger partial charge in [-0.1, -0.05) is 41.7 Å². The van der Waals surface area contributed by atoms with Crippen molar-refractivity contribution >= 4 is 34.3 Å². The summed E-state index contributed by atoms with van der Waals surface area (Å²) >= 11 is 1.31. The number of aromatic nitrogens is 2. The highest BCUT2D eigenvalue weighted by Gasteiger charge is 2.33. The third kappa shape index (κ3) is 4.28. The van der Waals surface area contributed by atoms with Gasteiger partial charge in [0, 0.05) is 22.7 Å². The molecule has 0 saturated carbocycles. The van der Waals surface area contributed by atoms with E-state index in [1.807, 2.05) is 67.7 Å². The first-order valence-electron chi connectivity index (χ1n) is 11.9. The smallest absolute Gasteiger partial charge is 0.338 e. The lowest BCUT2D eigenvalue weighted by atomic mass is 9.96. The van der Waals surface area contributed by atoms with E-state index in [9.17, 15) is 9.59 Å². The first-order chi connectivity index (χ1) is 17.4. The molecule has 1 aliphatic rings. The first kappa shape index (κ1) is 23.8. The molecule has 1 N–H and O–H groups in total. The first-order valence-corrected chi connectivity index (χ1v) is 12.7. The number of nitrogens with one attached hydrogen (secondary N) is 1. The number of esters is 1. The Morgan fingerprint density at radius 1 is 1.19 bits per heavy atom. The summed E-state index contributed by atoms with van der Waals surface area (Å²) in [6.07, 6.45) is 3.47. The Labute approximate surface area is 212 Å². The molecule has 2 aromatic heterocycles. The van der Waals surface area contributed by atoms with Crippen LogP contribution in [0.4, 0.5) is 0 Å². The SMILES string of the molecule is CCOc1ccc([C@@H]2C(C(=O)OC(C)C)=C(C)N=c3s/c(=C/c4c[nH]c5ccccc45)c(=O)n32)cc1. The zero-order valence-corrected chi connectivity index (χ0v) is 21.4. The normalized spacial score (nSPS) is 15.8. The molecule has 5 rings (SSSR count). The molecule has 1 aliphatic heterocycles. The number of benzene rings is 2. The number of ether oxygens (including phenoxy) is 2. The number of hydrogen-bond acceptors (Lipinski definition) is 6. The molecule has 0 bridgehead atoms. The number of nitrogens with zero attached hydrogens (tertiary/aromatic N) is 2. The Morgan fingerprint density at radius 2 is 1.94 bits per heavy atom. The topological polar surface area (TPSA) is 85.7 Å². The maximum atomic E-state index is 13.8. The maximum Gasteiger partial charge on any atom is 0.338 e. The number of aromatic amines is 1. The predicted octanol–water partition coefficient (Wildman–Crippen LogP) is 4.07. The van der Waals surface area contributed by atoms with Crippen LogP contribution in [0.3, 0.4) is 0 Å². The summed E-state index contributed by atoms with van der Waals surface area (Å²) in [5.74, 6) is 0.246. The van der Waals surface area contributed by atoms with E-state index in [4.69, 9.17) is 9.47 Å². The minimum Gasteiger partial charge on any atom is -0.494 e. The quantitative estimate of drug-likeness (QED) is 0.404. The summed E-state index contributed by atoms with van der Waals surface area (Å²) in [6.45, 7) is 7.86. The summed E-state index contributed by atoms with van der Waals surface area (Å²) in [7, 11) is 0. The van der Waals surface area contributed by atoms with Crippen LogP contribution in [0.2, 0.25) is 0 Å². The van der Waals surface area contributed by atoms with Crippen LogP contribution in [-0.4, -0.2) is 28.2 Å². The maximum absolute atomic E-state index is 13.8. The minimum atomic E-state index is -0.659. The summed E-state index contributed by atoms with van der Waals surface area (Å²) in [5, 5.41) is 1.03. The molecule has 1 atom stereocenters. The van der Waals surface area contributed by atoms with Crippen molar-refractivity contribution in [1.29, 1.82) is 0 Å². The number of thiazole rings is 1. The number of H-pyrrole nitrogens is 1. The number of para-hydroxylation sites is 1. The van der Waals surface area contributed by atoms with Crippen LogP contribution >= 0.6 is 11.3 Å². The molecule has 184 valence electrons. The molecule has 3 heterocycles. The lowest BCUT2D eigenvalue weighted by Crippen LogP contribution is -2.40. The predicted molar refractivity (Wildman–Crippen MR) is 141 cm³/mol. The molecule has 0 spiro atoms. The van der Waals surface area contributed by atoms with E-state index in [2.05, 4.69) is 9.98 Å². The second kappa shape index (κ2) is 9.62. The number of carbonyl (C=O) groups is 1. The Bertz CT molecular complexity index is 1660. The van der Waals surface area contributed by atoms with E-state index >= 15 is 0 Å². The molecular weight excluding hydrogens is 474 g/mol. The highest BCUT2D eigenvalue weighted by Crippen LogP contribution is 2.32. The van der Waals surface area contributed by atoms with Crippen molar-refractivity contribution in [1.82, 2.24) is 9.55 Å². The van der Waals surface area contributed by atoms with Gasteiger partial charge in [-0.15, -0.1) is 0 Å². The fourth-order valence-electron chi connectivity index (χ4n) is 4.44. The zero-order chi connectivity index (χ0) is 25.4. The van der Waals surface area contributed by atoms with E-state index < -0.39 is 12.0 Å². The highest BCUT2D eigenvalue weighted by atomic mass is 32.1. The molecule has 0 aliphatic carbocycles. The number of fused-ring (bicyclic) bond motifs is 2. The van der Waals surface area contributed by atoms with Gasteiger partial charge in [-0.25, -0.2) is 9.79 Å². The van der Waals surface area contributed by atoms with Gasteiger partial charge < -0.3 is 14.5 Å². The van der Waals surface area contributed by atoms with E-state index in [0.29, 0.717) is 27.2 Å². The van der Waals surface area contributed by atoms with Gasteiger partial charge in [0.15, 0.2) is 4.80 Å². The standard InChI is InChI=1S/C28H27N3O4S/c1-5-34-20-12-10-18(11-13-20)25-24(27(33)35-16(2)3)17(4)30-28-31(25)26(32)23(36-28)14-19-15-29-22-9-7-6-8-21(19)22/h6-16,25,29H,5H2,1-4H3/b23-14+/t25-/m1/s1. The average molecular weight is 502 g/mol. The second-order valence-electron chi connectivity index (χ2n) is 8.83. The van der Waals surface area contributed by atoms with E-state index in [-0.39, 0.29) is 11.7 Å². The molecule has 7 nitrogen and oxygen atoms in total. The van der Waals surface area contributed by atoms with Crippen molar-refractivity contribution < 1.29 is 14.3 Å². The van der Waals surface area contributed by atoms with Gasteiger partial charge in [-0.2, -0.15) is 0 Å². The Morgan fingerprint density at radius 3 is 2.67 bits per heavy atom. The number of rotatable bonds is 6. The van der Waals surface area contributed by atoms with Gasteiger partial charge >= 0.3 is 5.97 Å². The highest BCUT2D eigenvalue weighted by molar-refractivity contribution is 7.07. The lowest BCUT2D eigenvalue weighted by Gasteiger charge is -2.25. The molecule has 36 heavy (non-hydrogen) atoms.